The molecule has 0 aromatic heterocycles. The van der Waals surface area contributed by atoms with Crippen molar-refractivity contribution in [3.8, 4) is 16.9 Å². The first kappa shape index (κ1) is 20.7. The summed E-state index contributed by atoms with van der Waals surface area (Å²) in [6.07, 6.45) is 0.965. The monoisotopic (exact) mass is 456 g/mol. The molecule has 0 saturated heterocycles. The minimum Gasteiger partial charge on any atom is -0.377 e. The van der Waals surface area contributed by atoms with Crippen LogP contribution >= 0.6 is 23.2 Å². The second-order valence-electron chi connectivity index (χ2n) is 5.91. The van der Waals surface area contributed by atoms with E-state index in [2.05, 4.69) is 0 Å². The predicted octanol–water partition coefficient (Wildman–Crippen LogP) is 4.83. The molecule has 0 amide bonds. The Morgan fingerprint density at radius 2 is 1.43 bits per heavy atom. The summed E-state index contributed by atoms with van der Waals surface area (Å²) in [5.41, 5.74) is 1.69. The normalized spacial score (nSPS) is 12.0. The van der Waals surface area contributed by atoms with Crippen LogP contribution < -0.4 is 4.18 Å². The Balaban J connectivity index is 1.97. The van der Waals surface area contributed by atoms with E-state index in [1.54, 1.807) is 12.1 Å². The lowest BCUT2D eigenvalue weighted by Crippen LogP contribution is -2.12. The van der Waals surface area contributed by atoms with Gasteiger partial charge in [0.25, 0.3) is 0 Å². The number of hydrogen-bond acceptors (Lipinski definition) is 5. The molecule has 0 saturated carbocycles. The summed E-state index contributed by atoms with van der Waals surface area (Å²) in [5.74, 6) is -0.0952. The molecule has 146 valence electrons. The van der Waals surface area contributed by atoms with Crippen molar-refractivity contribution in [1.82, 2.24) is 0 Å². The van der Waals surface area contributed by atoms with Crippen molar-refractivity contribution in [2.75, 3.05) is 6.26 Å². The Kier molecular flexibility index (Phi) is 5.72. The van der Waals surface area contributed by atoms with Gasteiger partial charge >= 0.3 is 10.1 Å². The zero-order chi connectivity index (χ0) is 20.5. The first-order valence-corrected chi connectivity index (χ1v) is 11.9. The Morgan fingerprint density at radius 1 is 0.750 bits per heavy atom. The maximum absolute atomic E-state index is 12.6. The second kappa shape index (κ2) is 7.75. The molecule has 0 spiro atoms. The van der Waals surface area contributed by atoms with Gasteiger partial charge < -0.3 is 4.18 Å². The minimum absolute atomic E-state index is 0.0836. The van der Waals surface area contributed by atoms with E-state index in [1.807, 2.05) is 30.3 Å². The molecule has 0 unspecified atom stereocenters. The maximum atomic E-state index is 12.6. The highest BCUT2D eigenvalue weighted by Gasteiger charge is 2.24. The van der Waals surface area contributed by atoms with Gasteiger partial charge in [-0.3, -0.25) is 0 Å². The molecule has 0 bridgehead atoms. The quantitative estimate of drug-likeness (QED) is 0.513. The molecule has 0 atom stereocenters. The summed E-state index contributed by atoms with van der Waals surface area (Å²) in [7, 11) is -8.03. The zero-order valence-electron chi connectivity index (χ0n) is 14.5. The van der Waals surface area contributed by atoms with Crippen molar-refractivity contribution in [3.63, 3.8) is 0 Å². The SMILES string of the molecule is CS(=O)(=O)c1ccc(Cl)c(S(=O)(=O)Oc2ccc(-c3ccccc3)cc2Cl)c1. The summed E-state index contributed by atoms with van der Waals surface area (Å²) in [6, 6.07) is 17.4. The third kappa shape index (κ3) is 4.50. The molecular formula is C19H14Cl2O5S2. The first-order chi connectivity index (χ1) is 13.1. The van der Waals surface area contributed by atoms with Crippen LogP contribution in [0.1, 0.15) is 0 Å². The predicted molar refractivity (Wildman–Crippen MR) is 109 cm³/mol. The van der Waals surface area contributed by atoms with E-state index in [9.17, 15) is 16.8 Å². The zero-order valence-corrected chi connectivity index (χ0v) is 17.6. The number of benzene rings is 3. The van der Waals surface area contributed by atoms with Crippen molar-refractivity contribution < 1.29 is 21.0 Å². The average molecular weight is 457 g/mol. The molecular weight excluding hydrogens is 443 g/mol. The van der Waals surface area contributed by atoms with Gasteiger partial charge in [0, 0.05) is 6.26 Å². The van der Waals surface area contributed by atoms with Crippen molar-refractivity contribution in [2.24, 2.45) is 0 Å². The minimum atomic E-state index is -4.41. The van der Waals surface area contributed by atoms with Crippen LogP contribution in [0.4, 0.5) is 0 Å². The lowest BCUT2D eigenvalue weighted by molar-refractivity contribution is 0.486. The fourth-order valence-electron chi connectivity index (χ4n) is 2.45. The van der Waals surface area contributed by atoms with E-state index in [4.69, 9.17) is 27.4 Å². The van der Waals surface area contributed by atoms with Gasteiger partial charge in [0.15, 0.2) is 15.6 Å². The molecule has 3 aromatic rings. The van der Waals surface area contributed by atoms with Gasteiger partial charge in [0.1, 0.15) is 4.90 Å². The number of halogens is 2. The van der Waals surface area contributed by atoms with Crippen molar-refractivity contribution >= 4 is 43.2 Å². The van der Waals surface area contributed by atoms with E-state index in [0.29, 0.717) is 0 Å². The Morgan fingerprint density at radius 3 is 2.04 bits per heavy atom. The molecule has 3 aromatic carbocycles. The highest BCUT2D eigenvalue weighted by molar-refractivity contribution is 7.90. The van der Waals surface area contributed by atoms with Gasteiger partial charge in [0.05, 0.1) is 14.9 Å². The average Bonchev–Trinajstić information content (AvgIpc) is 2.63. The van der Waals surface area contributed by atoms with Crippen molar-refractivity contribution in [3.05, 3.63) is 76.8 Å². The Bertz CT molecular complexity index is 1240. The molecule has 5 nitrogen and oxygen atoms in total. The van der Waals surface area contributed by atoms with E-state index < -0.39 is 24.9 Å². The Hall–Kier alpha value is -2.06. The topological polar surface area (TPSA) is 77.5 Å². The summed E-state index contributed by atoms with van der Waals surface area (Å²) >= 11 is 12.2. The fourth-order valence-corrected chi connectivity index (χ4v) is 4.88. The molecule has 9 heteroatoms. The van der Waals surface area contributed by atoms with Crippen molar-refractivity contribution in [1.29, 1.82) is 0 Å². The van der Waals surface area contributed by atoms with Crippen LogP contribution in [0.25, 0.3) is 11.1 Å². The van der Waals surface area contributed by atoms with E-state index in [1.165, 1.54) is 18.2 Å². The smallest absolute Gasteiger partial charge is 0.340 e. The molecule has 0 N–H and O–H groups in total. The third-order valence-electron chi connectivity index (χ3n) is 3.84. The molecule has 0 aliphatic carbocycles. The summed E-state index contributed by atoms with van der Waals surface area (Å²) in [5, 5.41) is -0.0789. The van der Waals surface area contributed by atoms with Crippen LogP contribution in [0, 0.1) is 0 Å². The van der Waals surface area contributed by atoms with Crippen LogP contribution in [0.2, 0.25) is 10.0 Å². The molecule has 28 heavy (non-hydrogen) atoms. The first-order valence-electron chi connectivity index (χ1n) is 7.87. The summed E-state index contributed by atoms with van der Waals surface area (Å²) in [6.45, 7) is 0. The third-order valence-corrected chi connectivity index (χ3v) is 6.96. The highest BCUT2D eigenvalue weighted by atomic mass is 35.5. The van der Waals surface area contributed by atoms with Crippen LogP contribution in [-0.2, 0) is 20.0 Å². The molecule has 0 radical (unpaired) electrons. The molecule has 0 aliphatic rings. The van der Waals surface area contributed by atoms with Gasteiger partial charge in [-0.05, 0) is 41.5 Å². The Labute approximate surface area is 173 Å². The van der Waals surface area contributed by atoms with Crippen LogP contribution in [-0.4, -0.2) is 23.1 Å². The highest BCUT2D eigenvalue weighted by Crippen LogP contribution is 2.34. The molecule has 0 heterocycles. The number of sulfone groups is 1. The lowest BCUT2D eigenvalue weighted by atomic mass is 10.1. The maximum Gasteiger partial charge on any atom is 0.340 e. The number of hydrogen-bond donors (Lipinski definition) is 0. The largest absolute Gasteiger partial charge is 0.377 e. The standard InChI is InChI=1S/C19H14Cl2O5S2/c1-27(22,23)15-8-9-16(20)19(12-15)28(24,25)26-18-10-7-14(11-17(18)21)13-5-3-2-4-6-13/h2-12H,1H3. The summed E-state index contributed by atoms with van der Waals surface area (Å²) < 4.78 is 53.8. The van der Waals surface area contributed by atoms with Gasteiger partial charge in [-0.25, -0.2) is 8.42 Å². The van der Waals surface area contributed by atoms with Crippen molar-refractivity contribution in [2.45, 2.75) is 9.79 Å². The van der Waals surface area contributed by atoms with E-state index >= 15 is 0 Å². The van der Waals surface area contributed by atoms with Gasteiger partial charge in [0.2, 0.25) is 0 Å². The van der Waals surface area contributed by atoms with E-state index in [0.717, 1.165) is 23.4 Å². The van der Waals surface area contributed by atoms with Crippen LogP contribution in [0.15, 0.2) is 76.5 Å². The van der Waals surface area contributed by atoms with Gasteiger partial charge in [-0.2, -0.15) is 8.42 Å². The lowest BCUT2D eigenvalue weighted by Gasteiger charge is -2.12. The second-order valence-corrected chi connectivity index (χ2v) is 10.3. The summed E-state index contributed by atoms with van der Waals surface area (Å²) in [4.78, 5) is -0.648. The number of rotatable bonds is 5. The van der Waals surface area contributed by atoms with Gasteiger partial charge in [-0.15, -0.1) is 0 Å². The molecule has 3 rings (SSSR count). The van der Waals surface area contributed by atoms with E-state index in [-0.39, 0.29) is 20.7 Å². The molecule has 0 aliphatic heterocycles. The van der Waals surface area contributed by atoms with Crippen LogP contribution in [0.3, 0.4) is 0 Å². The van der Waals surface area contributed by atoms with Gasteiger partial charge in [-0.1, -0.05) is 59.6 Å². The molecule has 0 fully saturated rings. The van der Waals surface area contributed by atoms with Crippen LogP contribution in [0.5, 0.6) is 5.75 Å². The fraction of sp³-hybridized carbons (Fsp3) is 0.0526.